The van der Waals surface area contributed by atoms with Crippen molar-refractivity contribution in [1.29, 1.82) is 0 Å². The standard InChI is InChI=1S/C13H24N4O2S/c1-2-7-14-10-12-11-15-16-13(12)20(18,19)17-8-5-3-4-6-9-17/h11,14H,2-10H2,1H3,(H,15,16). The second-order valence-corrected chi connectivity index (χ2v) is 7.09. The van der Waals surface area contributed by atoms with E-state index in [1.54, 1.807) is 10.5 Å². The first kappa shape index (κ1) is 15.5. The monoisotopic (exact) mass is 300 g/mol. The van der Waals surface area contributed by atoms with Crippen molar-refractivity contribution in [2.75, 3.05) is 19.6 Å². The molecule has 0 saturated carbocycles. The molecular weight excluding hydrogens is 276 g/mol. The van der Waals surface area contributed by atoms with E-state index in [4.69, 9.17) is 0 Å². The molecule has 1 aliphatic rings. The Morgan fingerprint density at radius 2 is 2.00 bits per heavy atom. The van der Waals surface area contributed by atoms with Crippen LogP contribution in [0.3, 0.4) is 0 Å². The van der Waals surface area contributed by atoms with Crippen LogP contribution in [0.25, 0.3) is 0 Å². The zero-order valence-electron chi connectivity index (χ0n) is 12.1. The summed E-state index contributed by atoms with van der Waals surface area (Å²) in [4.78, 5) is 0. The minimum absolute atomic E-state index is 0.253. The summed E-state index contributed by atoms with van der Waals surface area (Å²) in [6.45, 7) is 4.71. The molecule has 20 heavy (non-hydrogen) atoms. The van der Waals surface area contributed by atoms with Crippen LogP contribution in [0.15, 0.2) is 11.2 Å². The van der Waals surface area contributed by atoms with Crippen LogP contribution in [-0.2, 0) is 16.6 Å². The third-order valence-corrected chi connectivity index (χ3v) is 5.50. The number of hydrogen-bond donors (Lipinski definition) is 2. The molecule has 0 spiro atoms. The van der Waals surface area contributed by atoms with Gasteiger partial charge in [-0.2, -0.15) is 9.40 Å². The summed E-state index contributed by atoms with van der Waals surface area (Å²) >= 11 is 0. The molecule has 0 aromatic carbocycles. The number of H-pyrrole nitrogens is 1. The molecular formula is C13H24N4O2S. The Bertz CT molecular complexity index is 504. The van der Waals surface area contributed by atoms with Crippen molar-refractivity contribution in [3.05, 3.63) is 11.8 Å². The van der Waals surface area contributed by atoms with Gasteiger partial charge in [0.05, 0.1) is 6.20 Å². The molecule has 2 rings (SSSR count). The molecule has 2 N–H and O–H groups in total. The maximum atomic E-state index is 12.7. The lowest BCUT2D eigenvalue weighted by Gasteiger charge is -2.19. The van der Waals surface area contributed by atoms with Gasteiger partial charge in [-0.05, 0) is 25.8 Å². The third-order valence-electron chi connectivity index (χ3n) is 3.58. The summed E-state index contributed by atoms with van der Waals surface area (Å²) in [6, 6.07) is 0. The topological polar surface area (TPSA) is 78.1 Å². The first-order valence-corrected chi connectivity index (χ1v) is 8.83. The van der Waals surface area contributed by atoms with Gasteiger partial charge in [-0.3, -0.25) is 5.10 Å². The maximum absolute atomic E-state index is 12.7. The van der Waals surface area contributed by atoms with E-state index in [1.165, 1.54) is 0 Å². The van der Waals surface area contributed by atoms with E-state index in [0.29, 0.717) is 19.6 Å². The molecule has 1 aliphatic heterocycles. The molecule has 7 heteroatoms. The average Bonchev–Trinajstić information content (AvgIpc) is 2.73. The molecule has 1 aromatic rings. The van der Waals surface area contributed by atoms with E-state index >= 15 is 0 Å². The fraction of sp³-hybridized carbons (Fsp3) is 0.769. The maximum Gasteiger partial charge on any atom is 0.260 e. The van der Waals surface area contributed by atoms with E-state index in [2.05, 4.69) is 22.4 Å². The van der Waals surface area contributed by atoms with E-state index < -0.39 is 10.0 Å². The molecule has 0 atom stereocenters. The molecule has 0 unspecified atom stereocenters. The largest absolute Gasteiger partial charge is 0.313 e. The Morgan fingerprint density at radius 1 is 1.30 bits per heavy atom. The van der Waals surface area contributed by atoms with E-state index in [9.17, 15) is 8.42 Å². The van der Waals surface area contributed by atoms with Gasteiger partial charge in [-0.1, -0.05) is 19.8 Å². The second kappa shape index (κ2) is 7.19. The smallest absolute Gasteiger partial charge is 0.260 e. The van der Waals surface area contributed by atoms with Gasteiger partial charge in [0, 0.05) is 25.2 Å². The summed E-state index contributed by atoms with van der Waals surface area (Å²) in [7, 11) is -3.43. The Balaban J connectivity index is 2.14. The molecule has 0 bridgehead atoms. The highest BCUT2D eigenvalue weighted by Gasteiger charge is 2.28. The zero-order valence-corrected chi connectivity index (χ0v) is 12.9. The first-order valence-electron chi connectivity index (χ1n) is 7.39. The minimum Gasteiger partial charge on any atom is -0.313 e. The molecule has 1 saturated heterocycles. The summed E-state index contributed by atoms with van der Waals surface area (Å²) in [5.41, 5.74) is 0.725. The van der Waals surface area contributed by atoms with Crippen molar-refractivity contribution in [2.45, 2.75) is 50.6 Å². The summed E-state index contributed by atoms with van der Waals surface area (Å²) < 4.78 is 27.0. The predicted octanol–water partition coefficient (Wildman–Crippen LogP) is 1.47. The lowest BCUT2D eigenvalue weighted by atomic mass is 10.2. The molecule has 1 aromatic heterocycles. The third kappa shape index (κ3) is 3.59. The average molecular weight is 300 g/mol. The molecule has 114 valence electrons. The van der Waals surface area contributed by atoms with Gasteiger partial charge < -0.3 is 5.32 Å². The molecule has 1 fully saturated rings. The normalized spacial score (nSPS) is 18.1. The Hall–Kier alpha value is -0.920. The molecule has 6 nitrogen and oxygen atoms in total. The number of hydrogen-bond acceptors (Lipinski definition) is 4. The van der Waals surface area contributed by atoms with Gasteiger partial charge in [-0.25, -0.2) is 8.42 Å². The lowest BCUT2D eigenvalue weighted by molar-refractivity contribution is 0.420. The van der Waals surface area contributed by atoms with Crippen molar-refractivity contribution in [3.63, 3.8) is 0 Å². The minimum atomic E-state index is -3.43. The second-order valence-electron chi connectivity index (χ2n) is 5.22. The Labute approximate surface area is 121 Å². The Morgan fingerprint density at radius 3 is 2.65 bits per heavy atom. The van der Waals surface area contributed by atoms with E-state index in [1.807, 2.05) is 0 Å². The van der Waals surface area contributed by atoms with Crippen LogP contribution in [0.2, 0.25) is 0 Å². The lowest BCUT2D eigenvalue weighted by Crippen LogP contribution is -2.33. The number of nitrogens with zero attached hydrogens (tertiary/aromatic N) is 2. The highest BCUT2D eigenvalue weighted by atomic mass is 32.2. The fourth-order valence-corrected chi connectivity index (χ4v) is 4.08. The van der Waals surface area contributed by atoms with Crippen LogP contribution in [0, 0.1) is 0 Å². The molecule has 0 aliphatic carbocycles. The van der Waals surface area contributed by atoms with Crippen LogP contribution < -0.4 is 5.32 Å². The van der Waals surface area contributed by atoms with Crippen molar-refractivity contribution in [1.82, 2.24) is 19.8 Å². The van der Waals surface area contributed by atoms with Gasteiger partial charge in [0.1, 0.15) is 0 Å². The first-order chi connectivity index (χ1) is 9.66. The fourth-order valence-electron chi connectivity index (χ4n) is 2.46. The van der Waals surface area contributed by atoms with Crippen LogP contribution in [-0.4, -0.2) is 42.6 Å². The van der Waals surface area contributed by atoms with Crippen molar-refractivity contribution >= 4 is 10.0 Å². The van der Waals surface area contributed by atoms with Crippen LogP contribution in [0.1, 0.15) is 44.6 Å². The quantitative estimate of drug-likeness (QED) is 0.780. The van der Waals surface area contributed by atoms with E-state index in [-0.39, 0.29) is 5.03 Å². The van der Waals surface area contributed by atoms with Gasteiger partial charge in [-0.15, -0.1) is 0 Å². The van der Waals surface area contributed by atoms with E-state index in [0.717, 1.165) is 44.2 Å². The van der Waals surface area contributed by atoms with Crippen molar-refractivity contribution in [2.24, 2.45) is 0 Å². The predicted molar refractivity (Wildman–Crippen MR) is 77.8 cm³/mol. The highest BCUT2D eigenvalue weighted by molar-refractivity contribution is 7.89. The van der Waals surface area contributed by atoms with Gasteiger partial charge in [0.2, 0.25) is 0 Å². The Kier molecular flexibility index (Phi) is 5.56. The SMILES string of the molecule is CCCNCc1cn[nH]c1S(=O)(=O)N1CCCCCC1. The number of sulfonamides is 1. The molecule has 0 amide bonds. The number of aromatic amines is 1. The van der Waals surface area contributed by atoms with Gasteiger partial charge in [0.25, 0.3) is 10.0 Å². The van der Waals surface area contributed by atoms with Crippen LogP contribution in [0.4, 0.5) is 0 Å². The number of rotatable bonds is 6. The highest BCUT2D eigenvalue weighted by Crippen LogP contribution is 2.21. The molecule has 2 heterocycles. The van der Waals surface area contributed by atoms with Crippen molar-refractivity contribution < 1.29 is 8.42 Å². The van der Waals surface area contributed by atoms with Crippen LogP contribution in [0.5, 0.6) is 0 Å². The van der Waals surface area contributed by atoms with Crippen molar-refractivity contribution in [3.8, 4) is 0 Å². The molecule has 0 radical (unpaired) electrons. The van der Waals surface area contributed by atoms with Gasteiger partial charge in [0.15, 0.2) is 5.03 Å². The van der Waals surface area contributed by atoms with Gasteiger partial charge >= 0.3 is 0 Å². The number of aromatic nitrogens is 2. The summed E-state index contributed by atoms with van der Waals surface area (Å²) in [5.74, 6) is 0. The summed E-state index contributed by atoms with van der Waals surface area (Å²) in [6.07, 6.45) is 6.73. The number of nitrogens with one attached hydrogen (secondary N) is 2. The van der Waals surface area contributed by atoms with Crippen LogP contribution >= 0.6 is 0 Å². The summed E-state index contributed by atoms with van der Waals surface area (Å²) in [5, 5.41) is 10.1. The zero-order chi connectivity index (χ0) is 14.4.